The molecule has 1 unspecified atom stereocenters. The molecule has 2 heterocycles. The zero-order chi connectivity index (χ0) is 16.2. The number of amides is 1. The molecular formula is C17H26N2O3. The number of aryl methyl sites for hydroxylation is 1. The lowest BCUT2D eigenvalue weighted by Crippen LogP contribution is -2.42. The van der Waals surface area contributed by atoms with E-state index in [0.717, 1.165) is 31.4 Å². The highest BCUT2D eigenvalue weighted by atomic mass is 16.6. The van der Waals surface area contributed by atoms with Crippen molar-refractivity contribution in [3.05, 3.63) is 23.9 Å². The molecule has 0 radical (unpaired) electrons. The lowest BCUT2D eigenvalue weighted by atomic mass is 10.2. The number of hydrogen-bond donors (Lipinski definition) is 0. The molecule has 0 N–H and O–H groups in total. The van der Waals surface area contributed by atoms with Crippen LogP contribution < -0.4 is 4.74 Å². The third-order valence-corrected chi connectivity index (χ3v) is 3.65. The monoisotopic (exact) mass is 306 g/mol. The molecule has 1 amide bonds. The highest BCUT2D eigenvalue weighted by Gasteiger charge is 2.32. The second-order valence-corrected chi connectivity index (χ2v) is 6.60. The molecule has 1 aromatic heterocycles. The second-order valence-electron chi connectivity index (χ2n) is 6.60. The van der Waals surface area contributed by atoms with Gasteiger partial charge in [0.05, 0.1) is 6.04 Å². The van der Waals surface area contributed by atoms with Crippen molar-refractivity contribution in [3.8, 4) is 5.88 Å². The van der Waals surface area contributed by atoms with Crippen molar-refractivity contribution in [1.82, 2.24) is 9.88 Å². The first-order chi connectivity index (χ1) is 10.4. The summed E-state index contributed by atoms with van der Waals surface area (Å²) in [5, 5.41) is 0. The van der Waals surface area contributed by atoms with Crippen LogP contribution >= 0.6 is 0 Å². The van der Waals surface area contributed by atoms with Gasteiger partial charge in [0, 0.05) is 18.3 Å². The Bertz CT molecular complexity index is 511. The molecule has 0 aliphatic carbocycles. The summed E-state index contributed by atoms with van der Waals surface area (Å²) in [5.41, 5.74) is 0.617. The predicted octanol–water partition coefficient (Wildman–Crippen LogP) is 3.42. The lowest BCUT2D eigenvalue weighted by molar-refractivity contribution is 0.0185. The molecule has 0 saturated carbocycles. The summed E-state index contributed by atoms with van der Waals surface area (Å²) in [4.78, 5) is 18.3. The molecule has 1 aliphatic heterocycles. The predicted molar refractivity (Wildman–Crippen MR) is 85.1 cm³/mol. The average molecular weight is 306 g/mol. The van der Waals surface area contributed by atoms with Crippen molar-refractivity contribution in [2.45, 2.75) is 58.6 Å². The van der Waals surface area contributed by atoms with E-state index in [0.29, 0.717) is 12.5 Å². The van der Waals surface area contributed by atoms with E-state index >= 15 is 0 Å². The van der Waals surface area contributed by atoms with Crippen LogP contribution in [-0.2, 0) is 11.2 Å². The van der Waals surface area contributed by atoms with Crippen LogP contribution in [0.4, 0.5) is 4.79 Å². The molecule has 5 heteroatoms. The van der Waals surface area contributed by atoms with E-state index in [1.54, 1.807) is 11.1 Å². The van der Waals surface area contributed by atoms with Crippen molar-refractivity contribution < 1.29 is 14.3 Å². The molecule has 122 valence electrons. The Kier molecular flexibility index (Phi) is 5.27. The lowest BCUT2D eigenvalue weighted by Gasteiger charge is -2.28. The zero-order valence-electron chi connectivity index (χ0n) is 14.0. The Labute approximate surface area is 132 Å². The van der Waals surface area contributed by atoms with Gasteiger partial charge in [-0.25, -0.2) is 9.78 Å². The van der Waals surface area contributed by atoms with E-state index < -0.39 is 5.60 Å². The highest BCUT2D eigenvalue weighted by Crippen LogP contribution is 2.22. The summed E-state index contributed by atoms with van der Waals surface area (Å²) in [6, 6.07) is 3.98. The molecule has 0 spiro atoms. The minimum atomic E-state index is -0.471. The summed E-state index contributed by atoms with van der Waals surface area (Å²) in [7, 11) is 0. The van der Waals surface area contributed by atoms with Crippen molar-refractivity contribution in [2.75, 3.05) is 13.2 Å². The van der Waals surface area contributed by atoms with Gasteiger partial charge in [-0.1, -0.05) is 13.0 Å². The fraction of sp³-hybridized carbons (Fsp3) is 0.647. The van der Waals surface area contributed by atoms with E-state index in [2.05, 4.69) is 11.9 Å². The Morgan fingerprint density at radius 2 is 2.23 bits per heavy atom. The number of pyridine rings is 1. The van der Waals surface area contributed by atoms with Crippen molar-refractivity contribution in [1.29, 1.82) is 0 Å². The van der Waals surface area contributed by atoms with Gasteiger partial charge in [0.2, 0.25) is 5.88 Å². The number of rotatable bonds is 4. The average Bonchev–Trinajstić information content (AvgIpc) is 2.92. The van der Waals surface area contributed by atoms with Crippen LogP contribution in [0.25, 0.3) is 0 Å². The minimum Gasteiger partial charge on any atom is -0.475 e. The van der Waals surface area contributed by atoms with Gasteiger partial charge in [0.15, 0.2) is 0 Å². The van der Waals surface area contributed by atoms with Gasteiger partial charge in [0.25, 0.3) is 0 Å². The molecule has 0 bridgehead atoms. The van der Waals surface area contributed by atoms with Crippen LogP contribution in [0.2, 0.25) is 0 Å². The van der Waals surface area contributed by atoms with Gasteiger partial charge in [-0.2, -0.15) is 0 Å². The summed E-state index contributed by atoms with van der Waals surface area (Å²) in [6.45, 7) is 8.91. The normalized spacial score (nSPS) is 18.4. The number of carbonyl (C=O) groups is 1. The maximum absolute atomic E-state index is 12.2. The topological polar surface area (TPSA) is 51.7 Å². The van der Waals surface area contributed by atoms with Crippen LogP contribution in [0, 0.1) is 0 Å². The molecule has 1 aliphatic rings. The van der Waals surface area contributed by atoms with Gasteiger partial charge in [-0.3, -0.25) is 0 Å². The third kappa shape index (κ3) is 4.36. The summed E-state index contributed by atoms with van der Waals surface area (Å²) in [6.07, 6.45) is 4.28. The molecule has 1 fully saturated rings. The van der Waals surface area contributed by atoms with Gasteiger partial charge in [0.1, 0.15) is 12.2 Å². The van der Waals surface area contributed by atoms with E-state index in [1.165, 1.54) is 0 Å². The number of likely N-dealkylation sites (tertiary alicyclic amines) is 1. The van der Waals surface area contributed by atoms with Gasteiger partial charge < -0.3 is 14.4 Å². The van der Waals surface area contributed by atoms with Crippen LogP contribution in [-0.4, -0.2) is 40.8 Å². The molecule has 2 rings (SSSR count). The fourth-order valence-corrected chi connectivity index (χ4v) is 2.57. The number of nitrogens with zero attached hydrogens (tertiary/aromatic N) is 2. The van der Waals surface area contributed by atoms with Crippen LogP contribution in [0.15, 0.2) is 18.3 Å². The zero-order valence-corrected chi connectivity index (χ0v) is 14.0. The van der Waals surface area contributed by atoms with Gasteiger partial charge in [-0.15, -0.1) is 0 Å². The first-order valence-electron chi connectivity index (χ1n) is 7.97. The molecule has 1 aromatic rings. The Balaban J connectivity index is 1.95. The maximum atomic E-state index is 12.2. The maximum Gasteiger partial charge on any atom is 0.410 e. The van der Waals surface area contributed by atoms with E-state index in [-0.39, 0.29) is 12.1 Å². The Morgan fingerprint density at radius 3 is 2.91 bits per heavy atom. The van der Waals surface area contributed by atoms with Crippen LogP contribution in [0.1, 0.15) is 46.1 Å². The summed E-state index contributed by atoms with van der Waals surface area (Å²) in [5.74, 6) is 0.668. The molecule has 1 atom stereocenters. The van der Waals surface area contributed by atoms with Crippen molar-refractivity contribution in [2.24, 2.45) is 0 Å². The quantitative estimate of drug-likeness (QED) is 0.855. The van der Waals surface area contributed by atoms with Crippen molar-refractivity contribution in [3.63, 3.8) is 0 Å². The number of hydrogen-bond acceptors (Lipinski definition) is 4. The van der Waals surface area contributed by atoms with E-state index in [1.807, 2.05) is 32.9 Å². The Hall–Kier alpha value is -1.78. The molecular weight excluding hydrogens is 280 g/mol. The van der Waals surface area contributed by atoms with Gasteiger partial charge in [-0.05, 0) is 46.1 Å². The largest absolute Gasteiger partial charge is 0.475 e. The Morgan fingerprint density at radius 1 is 1.45 bits per heavy atom. The third-order valence-electron chi connectivity index (χ3n) is 3.65. The SMILES string of the molecule is CCc1cccnc1OCC1CCCN1C(=O)OC(C)(C)C. The molecule has 22 heavy (non-hydrogen) atoms. The highest BCUT2D eigenvalue weighted by molar-refractivity contribution is 5.69. The minimum absolute atomic E-state index is 0.0570. The number of carbonyl (C=O) groups excluding carboxylic acids is 1. The summed E-state index contributed by atoms with van der Waals surface area (Å²) < 4.78 is 11.3. The van der Waals surface area contributed by atoms with Crippen LogP contribution in [0.3, 0.4) is 0 Å². The standard InChI is InChI=1S/C17H26N2O3/c1-5-13-8-6-10-18-15(13)21-12-14-9-7-11-19(14)16(20)22-17(2,3)4/h6,8,10,14H,5,7,9,11-12H2,1-4H3. The number of ether oxygens (including phenoxy) is 2. The first-order valence-corrected chi connectivity index (χ1v) is 7.97. The smallest absolute Gasteiger partial charge is 0.410 e. The molecule has 0 aromatic carbocycles. The first kappa shape index (κ1) is 16.6. The van der Waals surface area contributed by atoms with Crippen LogP contribution in [0.5, 0.6) is 5.88 Å². The van der Waals surface area contributed by atoms with Gasteiger partial charge >= 0.3 is 6.09 Å². The van der Waals surface area contributed by atoms with E-state index in [9.17, 15) is 4.79 Å². The van der Waals surface area contributed by atoms with Crippen molar-refractivity contribution >= 4 is 6.09 Å². The number of aromatic nitrogens is 1. The fourth-order valence-electron chi connectivity index (χ4n) is 2.57. The molecule has 5 nitrogen and oxygen atoms in total. The second kappa shape index (κ2) is 6.99. The summed E-state index contributed by atoms with van der Waals surface area (Å²) >= 11 is 0. The van der Waals surface area contributed by atoms with E-state index in [4.69, 9.17) is 9.47 Å². The molecule has 1 saturated heterocycles.